The molecule has 8 heteroatoms. The number of amides is 1. The molecule has 150 valence electrons. The highest BCUT2D eigenvalue weighted by Gasteiger charge is 2.06. The summed E-state index contributed by atoms with van der Waals surface area (Å²) in [5, 5.41) is 3.24. The molecule has 0 unspecified atom stereocenters. The number of rotatable bonds is 7. The number of nitrogens with zero attached hydrogens (tertiary/aromatic N) is 3. The first-order valence-electron chi connectivity index (χ1n) is 9.11. The van der Waals surface area contributed by atoms with Gasteiger partial charge in [0.25, 0.3) is 11.5 Å². The number of aromatic nitrogens is 3. The topological polar surface area (TPSA) is 100 Å². The number of carbonyl (C=O) groups is 1. The maximum absolute atomic E-state index is 11.6. The third-order valence-corrected chi connectivity index (χ3v) is 4.14. The van der Waals surface area contributed by atoms with Crippen LogP contribution in [0.3, 0.4) is 0 Å². The van der Waals surface area contributed by atoms with Gasteiger partial charge < -0.3 is 19.9 Å². The fourth-order valence-electron chi connectivity index (χ4n) is 2.57. The summed E-state index contributed by atoms with van der Waals surface area (Å²) in [6.07, 6.45) is 1.66. The summed E-state index contributed by atoms with van der Waals surface area (Å²) in [6.45, 7) is 2.32. The van der Waals surface area contributed by atoms with Gasteiger partial charge in [-0.2, -0.15) is 0 Å². The zero-order valence-corrected chi connectivity index (χ0v) is 16.6. The van der Waals surface area contributed by atoms with Crippen LogP contribution in [0.15, 0.2) is 53.5 Å². The lowest BCUT2D eigenvalue weighted by atomic mass is 10.2. The molecule has 0 fully saturated rings. The zero-order chi connectivity index (χ0) is 20.8. The van der Waals surface area contributed by atoms with Crippen LogP contribution in [0.4, 0.5) is 5.82 Å². The normalized spacial score (nSPS) is 10.4. The van der Waals surface area contributed by atoms with E-state index in [9.17, 15) is 9.59 Å². The smallest absolute Gasteiger partial charge is 0.259 e. The Bertz CT molecular complexity index is 1040. The van der Waals surface area contributed by atoms with E-state index in [0.29, 0.717) is 29.6 Å². The summed E-state index contributed by atoms with van der Waals surface area (Å²) in [7, 11) is 3.38. The maximum atomic E-state index is 11.6. The Balaban J connectivity index is 1.61. The highest BCUT2D eigenvalue weighted by Crippen LogP contribution is 2.17. The number of anilines is 1. The fraction of sp³-hybridized carbons (Fsp3) is 0.238. The first-order valence-corrected chi connectivity index (χ1v) is 9.11. The molecule has 0 bridgehead atoms. The van der Waals surface area contributed by atoms with Gasteiger partial charge in [-0.05, 0) is 36.8 Å². The van der Waals surface area contributed by atoms with Crippen molar-refractivity contribution in [2.45, 2.75) is 13.5 Å². The van der Waals surface area contributed by atoms with Crippen LogP contribution in [0.2, 0.25) is 0 Å². The van der Waals surface area contributed by atoms with E-state index in [4.69, 9.17) is 4.74 Å². The molecule has 1 amide bonds. The van der Waals surface area contributed by atoms with Crippen LogP contribution in [0, 0.1) is 6.92 Å². The lowest BCUT2D eigenvalue weighted by Gasteiger charge is -2.12. The maximum Gasteiger partial charge on any atom is 0.259 e. The van der Waals surface area contributed by atoms with Gasteiger partial charge in [-0.25, -0.2) is 9.97 Å². The van der Waals surface area contributed by atoms with Crippen molar-refractivity contribution >= 4 is 11.7 Å². The van der Waals surface area contributed by atoms with Crippen molar-refractivity contribution in [2.24, 2.45) is 0 Å². The van der Waals surface area contributed by atoms with Crippen molar-refractivity contribution in [3.63, 3.8) is 0 Å². The second-order valence-electron chi connectivity index (χ2n) is 6.75. The van der Waals surface area contributed by atoms with Gasteiger partial charge in [-0.3, -0.25) is 9.59 Å². The minimum absolute atomic E-state index is 0.00197. The van der Waals surface area contributed by atoms with Gasteiger partial charge in [0.1, 0.15) is 17.4 Å². The summed E-state index contributed by atoms with van der Waals surface area (Å²) >= 11 is 0. The van der Waals surface area contributed by atoms with E-state index in [2.05, 4.69) is 20.3 Å². The SMILES string of the molecule is Cc1cc(=O)[nH]c(-c2ccc(NCc3cccc(OCC(=O)N(C)C)c3)nc2)n1. The van der Waals surface area contributed by atoms with E-state index < -0.39 is 0 Å². The molecule has 29 heavy (non-hydrogen) atoms. The number of hydrogen-bond donors (Lipinski definition) is 2. The summed E-state index contributed by atoms with van der Waals surface area (Å²) in [5.74, 6) is 1.73. The van der Waals surface area contributed by atoms with Gasteiger partial charge >= 0.3 is 0 Å². The third-order valence-electron chi connectivity index (χ3n) is 4.14. The van der Waals surface area contributed by atoms with Crippen LogP contribution in [0.1, 0.15) is 11.3 Å². The number of ether oxygens (including phenoxy) is 1. The Morgan fingerprint density at radius 2 is 2.03 bits per heavy atom. The van der Waals surface area contributed by atoms with Crippen molar-refractivity contribution in [3.8, 4) is 17.1 Å². The van der Waals surface area contributed by atoms with Crippen molar-refractivity contribution in [1.29, 1.82) is 0 Å². The molecule has 0 aliphatic rings. The molecule has 0 spiro atoms. The van der Waals surface area contributed by atoms with Crippen molar-refractivity contribution in [2.75, 3.05) is 26.0 Å². The minimum Gasteiger partial charge on any atom is -0.484 e. The average molecular weight is 393 g/mol. The van der Waals surface area contributed by atoms with Gasteiger partial charge in [0.2, 0.25) is 0 Å². The number of H-pyrrole nitrogens is 1. The molecule has 0 aliphatic heterocycles. The first kappa shape index (κ1) is 20.1. The van der Waals surface area contributed by atoms with Gasteiger partial charge in [-0.15, -0.1) is 0 Å². The number of hydrogen-bond acceptors (Lipinski definition) is 6. The van der Waals surface area contributed by atoms with Crippen molar-refractivity contribution in [3.05, 3.63) is 70.3 Å². The first-order chi connectivity index (χ1) is 13.9. The van der Waals surface area contributed by atoms with Crippen LogP contribution >= 0.6 is 0 Å². The molecular formula is C21H23N5O3. The third kappa shape index (κ3) is 5.65. The standard InChI is InChI=1S/C21H23N5O3/c1-14-9-19(27)25-21(24-14)16-7-8-18(23-12-16)22-11-15-5-4-6-17(10-15)29-13-20(28)26(2)3/h4-10,12H,11,13H2,1-3H3,(H,22,23)(H,24,25,27). The molecule has 1 aromatic carbocycles. The number of carbonyl (C=O) groups excluding carboxylic acids is 1. The summed E-state index contributed by atoms with van der Waals surface area (Å²) in [5.41, 5.74) is 2.19. The molecule has 2 N–H and O–H groups in total. The lowest BCUT2D eigenvalue weighted by Crippen LogP contribution is -2.27. The number of pyridine rings is 1. The van der Waals surface area contributed by atoms with Crippen LogP contribution in [0.25, 0.3) is 11.4 Å². The minimum atomic E-state index is -0.191. The predicted octanol–water partition coefficient (Wildman–Crippen LogP) is 2.22. The number of likely N-dealkylation sites (N-methyl/N-ethyl adjacent to an activating group) is 1. The summed E-state index contributed by atoms with van der Waals surface area (Å²) in [4.78, 5) is 36.1. The molecule has 2 heterocycles. The monoisotopic (exact) mass is 393 g/mol. The molecule has 0 saturated carbocycles. The molecule has 0 saturated heterocycles. The molecule has 0 aliphatic carbocycles. The molecule has 0 atom stereocenters. The van der Waals surface area contributed by atoms with E-state index in [0.717, 1.165) is 11.1 Å². The van der Waals surface area contributed by atoms with Gasteiger partial charge in [0, 0.05) is 44.2 Å². The van der Waals surface area contributed by atoms with Crippen molar-refractivity contribution < 1.29 is 9.53 Å². The Hall–Kier alpha value is -3.68. The predicted molar refractivity (Wildman–Crippen MR) is 111 cm³/mol. The summed E-state index contributed by atoms with van der Waals surface area (Å²) < 4.78 is 5.54. The second-order valence-corrected chi connectivity index (χ2v) is 6.75. The van der Waals surface area contributed by atoms with Gasteiger partial charge in [0.15, 0.2) is 6.61 Å². The highest BCUT2D eigenvalue weighted by atomic mass is 16.5. The molecule has 8 nitrogen and oxygen atoms in total. The zero-order valence-electron chi connectivity index (χ0n) is 16.6. The quantitative estimate of drug-likeness (QED) is 0.638. The van der Waals surface area contributed by atoms with Gasteiger partial charge in [-0.1, -0.05) is 12.1 Å². The molecular weight excluding hydrogens is 370 g/mol. The van der Waals surface area contributed by atoms with Crippen LogP contribution in [-0.2, 0) is 11.3 Å². The Kier molecular flexibility index (Phi) is 6.23. The fourth-order valence-corrected chi connectivity index (χ4v) is 2.57. The highest BCUT2D eigenvalue weighted by molar-refractivity contribution is 5.77. The van der Waals surface area contributed by atoms with Crippen LogP contribution in [-0.4, -0.2) is 46.5 Å². The molecule has 0 radical (unpaired) electrons. The van der Waals surface area contributed by atoms with Crippen molar-refractivity contribution in [1.82, 2.24) is 19.9 Å². The Morgan fingerprint density at radius 3 is 2.72 bits per heavy atom. The van der Waals surface area contributed by atoms with Gasteiger partial charge in [0.05, 0.1) is 0 Å². The van der Waals surface area contributed by atoms with E-state index in [-0.39, 0.29) is 18.1 Å². The number of aryl methyl sites for hydroxylation is 1. The number of benzene rings is 1. The largest absolute Gasteiger partial charge is 0.484 e. The lowest BCUT2D eigenvalue weighted by molar-refractivity contribution is -0.130. The van der Waals surface area contributed by atoms with Crippen LogP contribution < -0.4 is 15.6 Å². The second kappa shape index (κ2) is 9.01. The number of aromatic amines is 1. The van der Waals surface area contributed by atoms with E-state index >= 15 is 0 Å². The number of nitrogens with one attached hydrogen (secondary N) is 2. The Labute approximate surface area is 168 Å². The molecule has 3 aromatic rings. The average Bonchev–Trinajstić information content (AvgIpc) is 2.70. The van der Waals surface area contributed by atoms with E-state index in [1.165, 1.54) is 11.0 Å². The summed E-state index contributed by atoms with van der Waals surface area (Å²) in [6, 6.07) is 12.7. The molecule has 3 rings (SSSR count). The Morgan fingerprint density at radius 1 is 1.21 bits per heavy atom. The van der Waals surface area contributed by atoms with Crippen LogP contribution in [0.5, 0.6) is 5.75 Å². The van der Waals surface area contributed by atoms with E-state index in [1.54, 1.807) is 27.2 Å². The molecule has 2 aromatic heterocycles. The van der Waals surface area contributed by atoms with E-state index in [1.807, 2.05) is 36.4 Å².